The van der Waals surface area contributed by atoms with Crippen LogP contribution in [0, 0.1) is 0 Å². The number of nitrogens with two attached hydrogens (primary N) is 1. The number of hydrazone groups is 1. The van der Waals surface area contributed by atoms with E-state index in [1.807, 2.05) is 12.1 Å². The molecular formula is C13H12ClN3O2S. The fourth-order valence-corrected chi connectivity index (χ4v) is 2.09. The molecule has 2 rings (SSSR count). The summed E-state index contributed by atoms with van der Waals surface area (Å²) in [5, 5.41) is 9.70. The van der Waals surface area contributed by atoms with Crippen molar-refractivity contribution in [2.24, 2.45) is 10.2 Å². The summed E-state index contributed by atoms with van der Waals surface area (Å²) in [6, 6.07) is 13.2. The van der Waals surface area contributed by atoms with E-state index in [1.54, 1.807) is 30.5 Å². The molecule has 2 aromatic carbocycles. The predicted octanol–water partition coefficient (Wildman–Crippen LogP) is 2.43. The molecule has 5 nitrogen and oxygen atoms in total. The summed E-state index contributed by atoms with van der Waals surface area (Å²) in [6.07, 6.45) is 1.63. The molecule has 20 heavy (non-hydrogen) atoms. The number of primary sulfonamides is 1. The highest BCUT2D eigenvalue weighted by atomic mass is 35.5. The Kier molecular flexibility index (Phi) is 4.39. The Morgan fingerprint density at radius 1 is 1.05 bits per heavy atom. The van der Waals surface area contributed by atoms with Gasteiger partial charge in [-0.25, -0.2) is 13.6 Å². The Balaban J connectivity index is 2.02. The highest BCUT2D eigenvalue weighted by Gasteiger charge is 2.05. The molecule has 0 fully saturated rings. The number of nitrogens with one attached hydrogen (secondary N) is 1. The minimum Gasteiger partial charge on any atom is -0.279 e. The number of benzene rings is 2. The molecule has 0 bridgehead atoms. The van der Waals surface area contributed by atoms with Crippen LogP contribution in [0.5, 0.6) is 0 Å². The van der Waals surface area contributed by atoms with Crippen LogP contribution in [0.1, 0.15) is 5.56 Å². The van der Waals surface area contributed by atoms with Crippen LogP contribution in [0.2, 0.25) is 5.02 Å². The number of hydrogen-bond acceptors (Lipinski definition) is 4. The second-order valence-corrected chi connectivity index (χ2v) is 5.99. The molecule has 0 amide bonds. The Morgan fingerprint density at radius 3 is 2.20 bits per heavy atom. The summed E-state index contributed by atoms with van der Waals surface area (Å²) in [6.45, 7) is 0. The van der Waals surface area contributed by atoms with E-state index in [0.717, 1.165) is 5.56 Å². The largest absolute Gasteiger partial charge is 0.279 e. The molecule has 2 aromatic rings. The second-order valence-electron chi connectivity index (χ2n) is 3.99. The Labute approximate surface area is 122 Å². The van der Waals surface area contributed by atoms with Gasteiger partial charge in [-0.1, -0.05) is 23.7 Å². The maximum absolute atomic E-state index is 11.1. The van der Waals surface area contributed by atoms with E-state index < -0.39 is 10.0 Å². The monoisotopic (exact) mass is 309 g/mol. The van der Waals surface area contributed by atoms with Gasteiger partial charge in [0.2, 0.25) is 10.0 Å². The smallest absolute Gasteiger partial charge is 0.238 e. The van der Waals surface area contributed by atoms with Crippen molar-refractivity contribution >= 4 is 33.5 Å². The normalized spacial score (nSPS) is 11.7. The van der Waals surface area contributed by atoms with E-state index in [9.17, 15) is 8.42 Å². The van der Waals surface area contributed by atoms with E-state index in [0.29, 0.717) is 10.7 Å². The first kappa shape index (κ1) is 14.5. The molecule has 0 spiro atoms. The predicted molar refractivity (Wildman–Crippen MR) is 80.5 cm³/mol. The summed E-state index contributed by atoms with van der Waals surface area (Å²) in [5.74, 6) is 0. The SMILES string of the molecule is NS(=O)(=O)c1ccc(NN=Cc2ccc(Cl)cc2)cc1. The van der Waals surface area contributed by atoms with Gasteiger partial charge in [0.1, 0.15) is 0 Å². The van der Waals surface area contributed by atoms with Crippen molar-refractivity contribution in [1.29, 1.82) is 0 Å². The van der Waals surface area contributed by atoms with Crippen molar-refractivity contribution < 1.29 is 8.42 Å². The van der Waals surface area contributed by atoms with Crippen LogP contribution in [0.4, 0.5) is 5.69 Å². The number of rotatable bonds is 4. The molecule has 3 N–H and O–H groups in total. The second kappa shape index (κ2) is 6.04. The van der Waals surface area contributed by atoms with Gasteiger partial charge in [-0.3, -0.25) is 5.43 Å². The van der Waals surface area contributed by atoms with Crippen molar-refractivity contribution in [3.63, 3.8) is 0 Å². The van der Waals surface area contributed by atoms with Gasteiger partial charge in [0.05, 0.1) is 16.8 Å². The van der Waals surface area contributed by atoms with Gasteiger partial charge in [-0.2, -0.15) is 5.10 Å². The van der Waals surface area contributed by atoms with Crippen molar-refractivity contribution in [1.82, 2.24) is 0 Å². The molecule has 0 radical (unpaired) electrons. The molecule has 0 unspecified atom stereocenters. The van der Waals surface area contributed by atoms with Gasteiger partial charge in [-0.05, 0) is 42.0 Å². The molecule has 104 valence electrons. The van der Waals surface area contributed by atoms with Crippen LogP contribution in [-0.2, 0) is 10.0 Å². The van der Waals surface area contributed by atoms with Gasteiger partial charge in [0.15, 0.2) is 0 Å². The third-order valence-corrected chi connectivity index (χ3v) is 3.64. The lowest BCUT2D eigenvalue weighted by Gasteiger charge is -2.02. The van der Waals surface area contributed by atoms with Gasteiger partial charge in [0, 0.05) is 5.02 Å². The van der Waals surface area contributed by atoms with Crippen LogP contribution in [-0.4, -0.2) is 14.6 Å². The number of anilines is 1. The summed E-state index contributed by atoms with van der Waals surface area (Å²) in [5.41, 5.74) is 4.33. The molecule has 0 saturated heterocycles. The van der Waals surface area contributed by atoms with Gasteiger partial charge in [0.25, 0.3) is 0 Å². The number of nitrogens with zero attached hydrogens (tertiary/aromatic N) is 1. The molecule has 0 aliphatic heterocycles. The highest BCUT2D eigenvalue weighted by Crippen LogP contribution is 2.12. The van der Waals surface area contributed by atoms with Crippen LogP contribution in [0.3, 0.4) is 0 Å². The average molecular weight is 310 g/mol. The number of sulfonamides is 1. The third-order valence-electron chi connectivity index (χ3n) is 2.46. The fraction of sp³-hybridized carbons (Fsp3) is 0. The molecule has 0 saturated carbocycles. The molecule has 7 heteroatoms. The summed E-state index contributed by atoms with van der Waals surface area (Å²) in [7, 11) is -3.67. The van der Waals surface area contributed by atoms with Crippen LogP contribution >= 0.6 is 11.6 Å². The van der Waals surface area contributed by atoms with Crippen molar-refractivity contribution in [2.75, 3.05) is 5.43 Å². The summed E-state index contributed by atoms with van der Waals surface area (Å²) >= 11 is 5.77. The highest BCUT2D eigenvalue weighted by molar-refractivity contribution is 7.89. The van der Waals surface area contributed by atoms with E-state index in [-0.39, 0.29) is 4.90 Å². The minimum atomic E-state index is -3.67. The Morgan fingerprint density at radius 2 is 1.65 bits per heavy atom. The zero-order valence-electron chi connectivity index (χ0n) is 10.3. The maximum Gasteiger partial charge on any atom is 0.238 e. The zero-order chi connectivity index (χ0) is 14.6. The van der Waals surface area contributed by atoms with Crippen LogP contribution in [0.15, 0.2) is 58.5 Å². The first-order valence-corrected chi connectivity index (χ1v) is 7.55. The van der Waals surface area contributed by atoms with Crippen molar-refractivity contribution in [3.8, 4) is 0 Å². The van der Waals surface area contributed by atoms with E-state index in [1.165, 1.54) is 12.1 Å². The first-order chi connectivity index (χ1) is 9.45. The molecule has 0 aliphatic rings. The van der Waals surface area contributed by atoms with Crippen LogP contribution < -0.4 is 10.6 Å². The topological polar surface area (TPSA) is 84.5 Å². The summed E-state index contributed by atoms with van der Waals surface area (Å²) < 4.78 is 22.2. The van der Waals surface area contributed by atoms with Crippen molar-refractivity contribution in [3.05, 3.63) is 59.1 Å². The van der Waals surface area contributed by atoms with E-state index in [2.05, 4.69) is 10.5 Å². The number of halogens is 1. The lowest BCUT2D eigenvalue weighted by Crippen LogP contribution is -2.11. The molecule has 0 aliphatic carbocycles. The molecule has 0 aromatic heterocycles. The van der Waals surface area contributed by atoms with Gasteiger partial charge >= 0.3 is 0 Å². The Bertz CT molecular complexity index is 710. The first-order valence-electron chi connectivity index (χ1n) is 5.63. The molecular weight excluding hydrogens is 298 g/mol. The van der Waals surface area contributed by atoms with Crippen molar-refractivity contribution in [2.45, 2.75) is 4.90 Å². The number of hydrogen-bond donors (Lipinski definition) is 2. The minimum absolute atomic E-state index is 0.0599. The molecule has 0 atom stereocenters. The molecule has 0 heterocycles. The summed E-state index contributed by atoms with van der Waals surface area (Å²) in [4.78, 5) is 0.0599. The van der Waals surface area contributed by atoms with Crippen LogP contribution in [0.25, 0.3) is 0 Å². The average Bonchev–Trinajstić information content (AvgIpc) is 2.41. The zero-order valence-corrected chi connectivity index (χ0v) is 11.9. The lowest BCUT2D eigenvalue weighted by molar-refractivity contribution is 0.598. The Hall–Kier alpha value is -1.89. The lowest BCUT2D eigenvalue weighted by atomic mass is 10.2. The standard InChI is InChI=1S/C13H12ClN3O2S/c14-11-3-1-10(2-4-11)9-16-17-12-5-7-13(8-6-12)20(15,18)19/h1-9,17H,(H2,15,18,19). The third kappa shape index (κ3) is 4.06. The van der Waals surface area contributed by atoms with E-state index >= 15 is 0 Å². The fourth-order valence-electron chi connectivity index (χ4n) is 1.45. The van der Waals surface area contributed by atoms with E-state index in [4.69, 9.17) is 16.7 Å². The van der Waals surface area contributed by atoms with Gasteiger partial charge < -0.3 is 0 Å². The van der Waals surface area contributed by atoms with Gasteiger partial charge in [-0.15, -0.1) is 0 Å². The quantitative estimate of drug-likeness (QED) is 0.672. The maximum atomic E-state index is 11.1.